The van der Waals surface area contributed by atoms with E-state index >= 15 is 0 Å². The molecule has 4 rings (SSSR count). The number of allylic oxidation sites excluding steroid dienone is 1. The van der Waals surface area contributed by atoms with E-state index in [1.165, 1.54) is 57.8 Å². The van der Waals surface area contributed by atoms with Gasteiger partial charge in [-0.05, 0) is 123 Å². The molecule has 3 fully saturated rings. The Morgan fingerprint density at radius 1 is 0.971 bits per heavy atom. The van der Waals surface area contributed by atoms with E-state index < -0.39 is 0 Å². The number of fused-ring (bicyclic) bond motifs is 5. The summed E-state index contributed by atoms with van der Waals surface area (Å²) in [6.45, 7) is 18.2. The molecule has 0 radical (unpaired) electrons. The Bertz CT molecular complexity index is 643. The van der Waals surface area contributed by atoms with E-state index in [1.807, 2.05) is 13.8 Å². The molecule has 3 heteroatoms. The van der Waals surface area contributed by atoms with Gasteiger partial charge in [0.2, 0.25) is 0 Å². The molecule has 200 valence electrons. The van der Waals surface area contributed by atoms with Gasteiger partial charge in [0.15, 0.2) is 0 Å². The summed E-state index contributed by atoms with van der Waals surface area (Å²) in [7, 11) is 0. The van der Waals surface area contributed by atoms with Crippen molar-refractivity contribution in [2.24, 2.45) is 46.3 Å². The zero-order valence-electron chi connectivity index (χ0n) is 23.2. The molecule has 0 bridgehead atoms. The third kappa shape index (κ3) is 6.22. The fraction of sp³-hybridized carbons (Fsp3) is 0.935. The highest BCUT2D eigenvalue weighted by atomic mass is 28.1. The van der Waals surface area contributed by atoms with Crippen LogP contribution >= 0.6 is 0 Å². The molecule has 2 nitrogen and oxygen atoms in total. The minimum atomic E-state index is -0.0766. The van der Waals surface area contributed by atoms with Crippen molar-refractivity contribution < 1.29 is 9.84 Å². The molecule has 0 amide bonds. The van der Waals surface area contributed by atoms with Crippen molar-refractivity contribution in [2.75, 3.05) is 13.2 Å². The van der Waals surface area contributed by atoms with Crippen LogP contribution in [0.2, 0.25) is 0 Å². The van der Waals surface area contributed by atoms with Crippen LogP contribution in [0.1, 0.15) is 119 Å². The lowest BCUT2D eigenvalue weighted by atomic mass is 9.47. The fourth-order valence-electron chi connectivity index (χ4n) is 8.87. The lowest BCUT2D eigenvalue weighted by Crippen LogP contribution is -2.50. The standard InChI is InChI=1S/C27H46O.C4H10O.H4Si/c1-18(2)7-6-8-19(3)23-11-12-24-22-10-9-20-17-21(28)13-15-26(20,4)25(22)14-16-27(23,24)5;1-3-5-4-2;/h9,18-19,21-25,28H,6-8,10-17H2,1-5H3;3-4H2,1-2H3;1H4/t19-,21+,22+,23-,24+,25+,26+,27-;;/m1../s1. The smallest absolute Gasteiger partial charge is 0.0577 e. The predicted octanol–water partition coefficient (Wildman–Crippen LogP) is 6.98. The highest BCUT2D eigenvalue weighted by molar-refractivity contribution is 5.75. The van der Waals surface area contributed by atoms with Gasteiger partial charge < -0.3 is 9.84 Å². The van der Waals surface area contributed by atoms with Crippen LogP contribution in [-0.4, -0.2) is 35.4 Å². The maximum Gasteiger partial charge on any atom is 0.0577 e. The molecular formula is C31H60O2Si. The van der Waals surface area contributed by atoms with E-state index in [-0.39, 0.29) is 17.1 Å². The predicted molar refractivity (Wildman–Crippen MR) is 153 cm³/mol. The number of ether oxygens (including phenoxy) is 1. The van der Waals surface area contributed by atoms with Crippen molar-refractivity contribution in [1.29, 1.82) is 0 Å². The molecule has 8 atom stereocenters. The van der Waals surface area contributed by atoms with Crippen LogP contribution in [0.5, 0.6) is 0 Å². The largest absolute Gasteiger partial charge is 0.393 e. The molecule has 0 heterocycles. The lowest BCUT2D eigenvalue weighted by molar-refractivity contribution is -0.0573. The highest BCUT2D eigenvalue weighted by Gasteiger charge is 2.59. The number of aliphatic hydroxyl groups is 1. The molecule has 0 aromatic carbocycles. The van der Waals surface area contributed by atoms with Gasteiger partial charge in [-0.15, -0.1) is 0 Å². The summed E-state index contributed by atoms with van der Waals surface area (Å²) < 4.78 is 4.83. The Labute approximate surface area is 217 Å². The summed E-state index contributed by atoms with van der Waals surface area (Å²) in [6.07, 6.45) is 17.2. The van der Waals surface area contributed by atoms with Crippen LogP contribution in [0.3, 0.4) is 0 Å². The monoisotopic (exact) mass is 492 g/mol. The van der Waals surface area contributed by atoms with E-state index in [9.17, 15) is 5.11 Å². The average molecular weight is 493 g/mol. The van der Waals surface area contributed by atoms with Gasteiger partial charge in [0.1, 0.15) is 0 Å². The van der Waals surface area contributed by atoms with Gasteiger partial charge in [0.25, 0.3) is 0 Å². The fourth-order valence-corrected chi connectivity index (χ4v) is 8.87. The summed E-state index contributed by atoms with van der Waals surface area (Å²) in [5, 5.41) is 10.2. The normalized spacial score (nSPS) is 39.6. The first-order valence-electron chi connectivity index (χ1n) is 14.6. The maximum absolute atomic E-state index is 10.2. The molecular weight excluding hydrogens is 432 g/mol. The Hall–Kier alpha value is -0.123. The Balaban J connectivity index is 0.000000619. The van der Waals surface area contributed by atoms with E-state index in [1.54, 1.807) is 5.57 Å². The molecule has 3 saturated carbocycles. The van der Waals surface area contributed by atoms with E-state index in [2.05, 4.69) is 40.7 Å². The van der Waals surface area contributed by atoms with Gasteiger partial charge in [-0.3, -0.25) is 0 Å². The van der Waals surface area contributed by atoms with Crippen LogP contribution in [0.25, 0.3) is 0 Å². The third-order valence-electron chi connectivity index (χ3n) is 10.7. The van der Waals surface area contributed by atoms with E-state index in [0.717, 1.165) is 61.6 Å². The minimum absolute atomic E-state index is 0. The molecule has 4 aliphatic carbocycles. The van der Waals surface area contributed by atoms with Crippen molar-refractivity contribution >= 4 is 11.0 Å². The second-order valence-corrected chi connectivity index (χ2v) is 13.0. The summed E-state index contributed by atoms with van der Waals surface area (Å²) in [5.74, 6) is 5.46. The molecule has 4 aliphatic rings. The van der Waals surface area contributed by atoms with Gasteiger partial charge in [0.05, 0.1) is 6.10 Å². The van der Waals surface area contributed by atoms with Crippen LogP contribution in [0.15, 0.2) is 11.6 Å². The first-order chi connectivity index (χ1) is 15.7. The van der Waals surface area contributed by atoms with Crippen molar-refractivity contribution in [1.82, 2.24) is 0 Å². The summed E-state index contributed by atoms with van der Waals surface area (Å²) in [5.41, 5.74) is 2.60. The second-order valence-electron chi connectivity index (χ2n) is 13.0. The SMILES string of the molecule is CC(C)CCC[C@@H](C)[C@H]1CC[C@H]2[C@@H]3CC=C4C[C@@H](O)CC[C@]4(C)[C@H]3CC[C@]12C.CCOCC.[SiH4]. The number of rotatable bonds is 7. The van der Waals surface area contributed by atoms with Gasteiger partial charge in [-0.25, -0.2) is 0 Å². The summed E-state index contributed by atoms with van der Waals surface area (Å²) in [4.78, 5) is 0. The summed E-state index contributed by atoms with van der Waals surface area (Å²) >= 11 is 0. The minimum Gasteiger partial charge on any atom is -0.393 e. The third-order valence-corrected chi connectivity index (χ3v) is 10.7. The van der Waals surface area contributed by atoms with Crippen molar-refractivity contribution in [3.05, 3.63) is 11.6 Å². The number of aliphatic hydroxyl groups excluding tert-OH is 1. The van der Waals surface area contributed by atoms with Gasteiger partial charge in [-0.2, -0.15) is 0 Å². The number of hydrogen-bond donors (Lipinski definition) is 1. The van der Waals surface area contributed by atoms with E-state index in [4.69, 9.17) is 4.74 Å². The molecule has 0 aromatic rings. The highest BCUT2D eigenvalue weighted by Crippen LogP contribution is 2.67. The van der Waals surface area contributed by atoms with Gasteiger partial charge in [0, 0.05) is 13.2 Å². The van der Waals surface area contributed by atoms with E-state index in [0.29, 0.717) is 10.8 Å². The first kappa shape index (κ1) is 30.1. The molecule has 0 aromatic heterocycles. The second kappa shape index (κ2) is 12.9. The average Bonchev–Trinajstić information content (AvgIpc) is 3.12. The maximum atomic E-state index is 10.2. The van der Waals surface area contributed by atoms with Crippen LogP contribution < -0.4 is 0 Å². The Morgan fingerprint density at radius 2 is 1.68 bits per heavy atom. The molecule has 0 spiro atoms. The summed E-state index contributed by atoms with van der Waals surface area (Å²) in [6, 6.07) is 0. The quantitative estimate of drug-likeness (QED) is 0.307. The van der Waals surface area contributed by atoms with Crippen molar-refractivity contribution in [3.63, 3.8) is 0 Å². The van der Waals surface area contributed by atoms with Crippen LogP contribution in [0.4, 0.5) is 0 Å². The Morgan fingerprint density at radius 3 is 2.29 bits per heavy atom. The van der Waals surface area contributed by atoms with Crippen molar-refractivity contribution in [2.45, 2.75) is 125 Å². The first-order valence-corrected chi connectivity index (χ1v) is 14.6. The van der Waals surface area contributed by atoms with Gasteiger partial charge >= 0.3 is 0 Å². The zero-order valence-corrected chi connectivity index (χ0v) is 23.2. The molecule has 0 unspecified atom stereocenters. The number of hydrogen-bond acceptors (Lipinski definition) is 2. The van der Waals surface area contributed by atoms with Gasteiger partial charge in [-0.1, -0.05) is 65.5 Å². The zero-order chi connectivity index (χ0) is 24.2. The van der Waals surface area contributed by atoms with Crippen LogP contribution in [0, 0.1) is 46.3 Å². The Kier molecular flexibility index (Phi) is 11.4. The van der Waals surface area contributed by atoms with Crippen LogP contribution in [-0.2, 0) is 4.74 Å². The molecule has 0 aliphatic heterocycles. The lowest BCUT2D eigenvalue weighted by Gasteiger charge is -2.58. The topological polar surface area (TPSA) is 29.5 Å². The van der Waals surface area contributed by atoms with Crippen molar-refractivity contribution in [3.8, 4) is 0 Å². The molecule has 1 N–H and O–H groups in total. The molecule has 34 heavy (non-hydrogen) atoms. The molecule has 0 saturated heterocycles.